The van der Waals surface area contributed by atoms with E-state index in [2.05, 4.69) is 13.2 Å². The first-order chi connectivity index (χ1) is 8.90. The van der Waals surface area contributed by atoms with Gasteiger partial charge < -0.3 is 9.84 Å². The van der Waals surface area contributed by atoms with E-state index in [0.29, 0.717) is 29.6 Å². The molecule has 1 aliphatic carbocycles. The van der Waals surface area contributed by atoms with E-state index in [1.807, 2.05) is 0 Å². The number of hydrogen-bond donors (Lipinski definition) is 1. The molecule has 1 fully saturated rings. The highest BCUT2D eigenvalue weighted by Gasteiger charge is 2.38. The molecule has 0 aromatic rings. The average Bonchev–Trinajstić information content (AvgIpc) is 2.61. The van der Waals surface area contributed by atoms with Crippen molar-refractivity contribution < 1.29 is 19.4 Å². The maximum atomic E-state index is 11.8. The van der Waals surface area contributed by atoms with Crippen molar-refractivity contribution >= 4 is 11.8 Å². The fraction of sp³-hybridized carbons (Fsp3) is 0.467. The predicted molar refractivity (Wildman–Crippen MR) is 70.3 cm³/mol. The lowest BCUT2D eigenvalue weighted by atomic mass is 9.86. The highest BCUT2D eigenvalue weighted by Crippen LogP contribution is 2.34. The zero-order chi connectivity index (χ0) is 14.2. The fourth-order valence-corrected chi connectivity index (χ4v) is 2.44. The molecule has 3 atom stereocenters. The van der Waals surface area contributed by atoms with E-state index in [1.54, 1.807) is 13.0 Å². The normalized spacial score (nSPS) is 35.5. The van der Waals surface area contributed by atoms with Crippen LogP contribution in [0.15, 0.2) is 36.0 Å². The second kappa shape index (κ2) is 5.13. The Balaban J connectivity index is 2.32. The van der Waals surface area contributed by atoms with Gasteiger partial charge in [0.15, 0.2) is 5.78 Å². The molecule has 2 rings (SSSR count). The maximum absolute atomic E-state index is 11.8. The van der Waals surface area contributed by atoms with Crippen LogP contribution in [0.5, 0.6) is 0 Å². The molecule has 0 radical (unpaired) electrons. The molecular weight excluding hydrogens is 244 g/mol. The van der Waals surface area contributed by atoms with Crippen molar-refractivity contribution in [2.75, 3.05) is 0 Å². The van der Waals surface area contributed by atoms with Gasteiger partial charge in [0.2, 0.25) is 0 Å². The van der Waals surface area contributed by atoms with Crippen LogP contribution in [0.1, 0.15) is 26.2 Å². The lowest BCUT2D eigenvalue weighted by Crippen LogP contribution is -2.22. The minimum Gasteiger partial charge on any atom is -0.454 e. The van der Waals surface area contributed by atoms with Crippen molar-refractivity contribution in [1.29, 1.82) is 0 Å². The monoisotopic (exact) mass is 262 g/mol. The first-order valence-corrected chi connectivity index (χ1v) is 6.37. The van der Waals surface area contributed by atoms with Gasteiger partial charge >= 0.3 is 5.97 Å². The van der Waals surface area contributed by atoms with Crippen LogP contribution in [0.2, 0.25) is 0 Å². The standard InChI is InChI=1S/C15H18O4/c1-8-4-5-11-10(3)15(18)19-14(11)6-9(2)13(17)7-12(8)16/h6,11,13-14,17H,1,3-5,7H2,2H3/b9-6+/t11-,13+,14+/m0/s1. The molecular formula is C15H18O4. The highest BCUT2D eigenvalue weighted by molar-refractivity contribution is 5.95. The topological polar surface area (TPSA) is 63.6 Å². The minimum absolute atomic E-state index is 0.0352. The number of allylic oxidation sites excluding steroid dienone is 1. The van der Waals surface area contributed by atoms with Gasteiger partial charge in [0.05, 0.1) is 6.10 Å². The summed E-state index contributed by atoms with van der Waals surface area (Å²) in [6.45, 7) is 9.23. The number of aliphatic hydroxyl groups excluding tert-OH is 1. The Morgan fingerprint density at radius 1 is 1.37 bits per heavy atom. The quantitative estimate of drug-likeness (QED) is 0.410. The predicted octanol–water partition coefficient (Wildman–Crippen LogP) is 1.70. The van der Waals surface area contributed by atoms with Crippen molar-refractivity contribution in [3.05, 3.63) is 36.0 Å². The molecule has 1 N–H and O–H groups in total. The van der Waals surface area contributed by atoms with Crippen LogP contribution in [-0.4, -0.2) is 29.1 Å². The lowest BCUT2D eigenvalue weighted by molar-refractivity contribution is -0.137. The molecule has 1 heterocycles. The number of carbonyl (C=O) groups is 2. The van der Waals surface area contributed by atoms with E-state index >= 15 is 0 Å². The van der Waals surface area contributed by atoms with E-state index in [-0.39, 0.29) is 18.1 Å². The molecule has 1 aliphatic heterocycles. The number of carbonyl (C=O) groups excluding carboxylic acids is 2. The largest absolute Gasteiger partial charge is 0.454 e. The number of fused-ring (bicyclic) bond motifs is 1. The molecule has 0 bridgehead atoms. The number of aliphatic hydroxyl groups is 1. The Labute approximate surface area is 112 Å². The Hall–Kier alpha value is -1.68. The van der Waals surface area contributed by atoms with Crippen LogP contribution in [0, 0.1) is 5.92 Å². The molecule has 0 aromatic carbocycles. The summed E-state index contributed by atoms with van der Waals surface area (Å²) in [7, 11) is 0. The van der Waals surface area contributed by atoms with Crippen LogP contribution in [0.25, 0.3) is 0 Å². The summed E-state index contributed by atoms with van der Waals surface area (Å²) in [5.74, 6) is -0.670. The summed E-state index contributed by atoms with van der Waals surface area (Å²) < 4.78 is 5.25. The van der Waals surface area contributed by atoms with Gasteiger partial charge in [-0.2, -0.15) is 0 Å². The average molecular weight is 262 g/mol. The zero-order valence-corrected chi connectivity index (χ0v) is 11.0. The molecule has 0 aromatic heterocycles. The van der Waals surface area contributed by atoms with Crippen molar-refractivity contribution in [2.24, 2.45) is 5.92 Å². The number of rotatable bonds is 0. The van der Waals surface area contributed by atoms with Crippen molar-refractivity contribution in [3.63, 3.8) is 0 Å². The van der Waals surface area contributed by atoms with Gasteiger partial charge in [-0.1, -0.05) is 13.2 Å². The number of ether oxygens (including phenoxy) is 1. The summed E-state index contributed by atoms with van der Waals surface area (Å²) >= 11 is 0. The molecule has 102 valence electrons. The van der Waals surface area contributed by atoms with E-state index in [4.69, 9.17) is 4.74 Å². The third kappa shape index (κ3) is 2.68. The van der Waals surface area contributed by atoms with Crippen molar-refractivity contribution in [3.8, 4) is 0 Å². The van der Waals surface area contributed by atoms with E-state index < -0.39 is 18.2 Å². The molecule has 2 aliphatic rings. The van der Waals surface area contributed by atoms with Gasteiger partial charge in [-0.3, -0.25) is 4.79 Å². The van der Waals surface area contributed by atoms with E-state index in [0.717, 1.165) is 0 Å². The smallest absolute Gasteiger partial charge is 0.334 e. The summed E-state index contributed by atoms with van der Waals surface area (Å²) in [5.41, 5.74) is 1.56. The van der Waals surface area contributed by atoms with Crippen LogP contribution in [0.3, 0.4) is 0 Å². The van der Waals surface area contributed by atoms with Gasteiger partial charge in [0.1, 0.15) is 6.10 Å². The van der Waals surface area contributed by atoms with Gasteiger partial charge in [0, 0.05) is 17.9 Å². The Bertz CT molecular complexity index is 486. The summed E-state index contributed by atoms with van der Waals surface area (Å²) in [6, 6.07) is 0. The Morgan fingerprint density at radius 2 is 2.05 bits per heavy atom. The Kier molecular flexibility index (Phi) is 3.71. The van der Waals surface area contributed by atoms with Crippen molar-refractivity contribution in [1.82, 2.24) is 0 Å². The first-order valence-electron chi connectivity index (χ1n) is 6.37. The molecule has 4 nitrogen and oxygen atoms in total. The van der Waals surface area contributed by atoms with Crippen LogP contribution < -0.4 is 0 Å². The van der Waals surface area contributed by atoms with E-state index in [1.165, 1.54) is 0 Å². The number of hydrogen-bond acceptors (Lipinski definition) is 4. The summed E-state index contributed by atoms with van der Waals surface area (Å²) in [5, 5.41) is 9.95. The number of Topliss-reactive ketones (excluding diaryl/α,β-unsaturated/α-hetero) is 1. The van der Waals surface area contributed by atoms with Gasteiger partial charge in [-0.15, -0.1) is 0 Å². The lowest BCUT2D eigenvalue weighted by Gasteiger charge is -2.20. The molecule has 0 unspecified atom stereocenters. The first kappa shape index (κ1) is 13.7. The van der Waals surface area contributed by atoms with Crippen LogP contribution in [-0.2, 0) is 14.3 Å². The third-order valence-corrected chi connectivity index (χ3v) is 3.83. The summed E-state index contributed by atoms with van der Waals surface area (Å²) in [6.07, 6.45) is 1.63. The second-order valence-corrected chi connectivity index (χ2v) is 5.20. The SMILES string of the molecule is C=C1CC[C@H]2C(=C)C(=O)O[C@@H]2/C=C(\C)[C@H](O)CC1=O. The highest BCUT2D eigenvalue weighted by atomic mass is 16.5. The van der Waals surface area contributed by atoms with Gasteiger partial charge in [-0.25, -0.2) is 4.79 Å². The Morgan fingerprint density at radius 3 is 2.74 bits per heavy atom. The van der Waals surface area contributed by atoms with Crippen molar-refractivity contribution in [2.45, 2.75) is 38.4 Å². The zero-order valence-electron chi connectivity index (χ0n) is 11.0. The van der Waals surface area contributed by atoms with E-state index in [9.17, 15) is 14.7 Å². The molecule has 0 spiro atoms. The summed E-state index contributed by atoms with van der Waals surface area (Å²) in [4.78, 5) is 23.4. The molecule has 1 saturated heterocycles. The molecule has 0 amide bonds. The van der Waals surface area contributed by atoms with Gasteiger partial charge in [0.25, 0.3) is 0 Å². The molecule has 0 saturated carbocycles. The maximum Gasteiger partial charge on any atom is 0.334 e. The third-order valence-electron chi connectivity index (χ3n) is 3.83. The molecule has 4 heteroatoms. The minimum atomic E-state index is -0.851. The van der Waals surface area contributed by atoms with Gasteiger partial charge in [-0.05, 0) is 37.0 Å². The number of esters is 1. The molecule has 19 heavy (non-hydrogen) atoms. The second-order valence-electron chi connectivity index (χ2n) is 5.20. The van der Waals surface area contributed by atoms with Crippen LogP contribution >= 0.6 is 0 Å². The fourth-order valence-electron chi connectivity index (χ4n) is 2.44. The number of ketones is 1. The van der Waals surface area contributed by atoms with Crippen LogP contribution in [0.4, 0.5) is 0 Å².